The van der Waals surface area contributed by atoms with E-state index in [1.165, 1.54) is 12.1 Å². The molecule has 17 N–H and O–H groups in total. The van der Waals surface area contributed by atoms with Gasteiger partial charge in [-0.25, -0.2) is 4.79 Å². The highest BCUT2D eigenvalue weighted by atomic mass is 32.1. The van der Waals surface area contributed by atoms with Gasteiger partial charge in [-0.05, 0) is 88.7 Å². The number of aliphatic hydroxyl groups excluding tert-OH is 1. The average molecular weight is 859 g/mol. The van der Waals surface area contributed by atoms with Crippen molar-refractivity contribution in [2.24, 2.45) is 22.9 Å². The number of rotatable bonds is 30. The second-order valence-electron chi connectivity index (χ2n) is 13.6. The van der Waals surface area contributed by atoms with E-state index in [9.17, 15) is 48.9 Å². The van der Waals surface area contributed by atoms with Crippen LogP contribution in [0.3, 0.4) is 0 Å². The van der Waals surface area contributed by atoms with Gasteiger partial charge in [0.2, 0.25) is 35.4 Å². The molecule has 0 aromatic heterocycles. The monoisotopic (exact) mass is 858 g/mol. The van der Waals surface area contributed by atoms with Gasteiger partial charge < -0.3 is 70.2 Å². The molecule has 7 atom stereocenters. The normalized spacial score (nSPS) is 14.7. The predicted molar refractivity (Wildman–Crippen MR) is 223 cm³/mol. The number of carbonyl (C=O) groups is 7. The van der Waals surface area contributed by atoms with Gasteiger partial charge in [0.15, 0.2) is 0 Å². The van der Waals surface area contributed by atoms with Gasteiger partial charge >= 0.3 is 5.97 Å². The zero-order valence-corrected chi connectivity index (χ0v) is 34.4. The number of aliphatic hydroxyl groups is 1. The molecule has 0 radical (unpaired) electrons. The van der Waals surface area contributed by atoms with Gasteiger partial charge in [0, 0.05) is 17.9 Å². The number of hydrogen-bond donors (Lipinski definition) is 15. The minimum Gasteiger partial charge on any atom is -0.508 e. The molecule has 0 heterocycles. The van der Waals surface area contributed by atoms with Crippen molar-refractivity contribution in [2.75, 3.05) is 37.7 Å². The van der Waals surface area contributed by atoms with Crippen LogP contribution in [0.2, 0.25) is 0 Å². The number of amides is 6. The molecule has 0 saturated carbocycles. The molecule has 0 unspecified atom stereocenters. The van der Waals surface area contributed by atoms with E-state index in [1.54, 1.807) is 12.1 Å². The Bertz CT molecular complexity index is 1460. The van der Waals surface area contributed by atoms with Crippen LogP contribution in [-0.2, 0) is 40.0 Å². The molecule has 0 fully saturated rings. The van der Waals surface area contributed by atoms with Crippen LogP contribution >= 0.6 is 25.3 Å². The SMILES string of the molecule is NCCCC[C@H](NC(=O)[C@H](CCCCN)NC(=O)[C@H](CO)NC(=O)[C@H](CS)NC(=O)[C@H](CS)NC(=O)[C@H](Cc1ccc(O)cc1)NC(=O)[C@@H](N)CCCCN)C(=O)O. The maximum Gasteiger partial charge on any atom is 0.326 e. The number of hydrogen-bond acceptors (Lipinski definition) is 15. The van der Waals surface area contributed by atoms with E-state index in [4.69, 9.17) is 22.9 Å². The van der Waals surface area contributed by atoms with Crippen LogP contribution in [0.4, 0.5) is 0 Å². The highest BCUT2D eigenvalue weighted by molar-refractivity contribution is 7.80. The highest BCUT2D eigenvalue weighted by Gasteiger charge is 2.33. The van der Waals surface area contributed by atoms with Crippen LogP contribution in [0, 0.1) is 0 Å². The first-order valence-corrected chi connectivity index (χ1v) is 20.4. The van der Waals surface area contributed by atoms with Gasteiger partial charge in [0.25, 0.3) is 0 Å². The lowest BCUT2D eigenvalue weighted by atomic mass is 10.0. The lowest BCUT2D eigenvalue weighted by molar-refractivity contribution is -0.142. The van der Waals surface area contributed by atoms with E-state index in [1.807, 2.05) is 0 Å². The Morgan fingerprint density at radius 2 is 0.914 bits per heavy atom. The summed E-state index contributed by atoms with van der Waals surface area (Å²) in [6.07, 6.45) is 3.56. The van der Waals surface area contributed by atoms with Crippen LogP contribution < -0.4 is 54.8 Å². The number of carbonyl (C=O) groups excluding carboxylic acids is 6. The largest absolute Gasteiger partial charge is 0.508 e. The average Bonchev–Trinajstić information content (AvgIpc) is 3.20. The fraction of sp³-hybridized carbons (Fsp3) is 0.639. The summed E-state index contributed by atoms with van der Waals surface area (Å²) in [5.74, 6) is -6.78. The number of phenolic OH excluding ortho intramolecular Hbond substituents is 1. The highest BCUT2D eigenvalue weighted by Crippen LogP contribution is 2.12. The number of phenols is 1. The van der Waals surface area contributed by atoms with Crippen LogP contribution in [0.15, 0.2) is 24.3 Å². The number of aromatic hydroxyl groups is 1. The fourth-order valence-electron chi connectivity index (χ4n) is 5.45. The van der Waals surface area contributed by atoms with Crippen LogP contribution in [0.1, 0.15) is 63.4 Å². The van der Waals surface area contributed by atoms with E-state index >= 15 is 0 Å². The lowest BCUT2D eigenvalue weighted by Crippen LogP contribution is -2.61. The molecule has 0 aliphatic heterocycles. The van der Waals surface area contributed by atoms with Gasteiger partial charge in [-0.15, -0.1) is 0 Å². The minimum atomic E-state index is -1.61. The molecule has 0 aliphatic carbocycles. The molecule has 58 heavy (non-hydrogen) atoms. The molecule has 0 bridgehead atoms. The molecular formula is C36H62N10O10S2. The van der Waals surface area contributed by atoms with Gasteiger partial charge in [0.05, 0.1) is 12.6 Å². The first-order chi connectivity index (χ1) is 27.6. The third kappa shape index (κ3) is 19.5. The van der Waals surface area contributed by atoms with Crippen molar-refractivity contribution >= 4 is 66.7 Å². The molecule has 1 aromatic rings. The summed E-state index contributed by atoms with van der Waals surface area (Å²) < 4.78 is 0. The van der Waals surface area contributed by atoms with E-state index in [0.29, 0.717) is 70.1 Å². The van der Waals surface area contributed by atoms with E-state index in [2.05, 4.69) is 57.2 Å². The number of nitrogens with one attached hydrogen (secondary N) is 6. The molecule has 0 saturated heterocycles. The van der Waals surface area contributed by atoms with Gasteiger partial charge in [-0.3, -0.25) is 28.8 Å². The Morgan fingerprint density at radius 1 is 0.534 bits per heavy atom. The third-order valence-corrected chi connectivity index (χ3v) is 9.63. The fourth-order valence-corrected chi connectivity index (χ4v) is 5.97. The van der Waals surface area contributed by atoms with Crippen molar-refractivity contribution < 1.29 is 48.9 Å². The number of carboxylic acids is 1. The summed E-state index contributed by atoms with van der Waals surface area (Å²) in [5.41, 5.74) is 23.2. The molecule has 0 spiro atoms. The molecule has 6 amide bonds. The number of aliphatic carboxylic acids is 1. The summed E-state index contributed by atoms with van der Waals surface area (Å²) in [5, 5.41) is 44.1. The van der Waals surface area contributed by atoms with Gasteiger partial charge in [-0.1, -0.05) is 18.6 Å². The number of unbranched alkanes of at least 4 members (excludes halogenated alkanes) is 3. The second kappa shape index (κ2) is 29.1. The molecular weight excluding hydrogens is 797 g/mol. The summed E-state index contributed by atoms with van der Waals surface area (Å²) in [6.45, 7) is 0.142. The lowest BCUT2D eigenvalue weighted by Gasteiger charge is -2.26. The van der Waals surface area contributed by atoms with Gasteiger partial charge in [-0.2, -0.15) is 25.3 Å². The molecule has 0 aliphatic rings. The molecule has 1 rings (SSSR count). The summed E-state index contributed by atoms with van der Waals surface area (Å²) in [4.78, 5) is 91.3. The van der Waals surface area contributed by atoms with Crippen molar-refractivity contribution in [3.63, 3.8) is 0 Å². The zero-order chi connectivity index (χ0) is 43.6. The Hall–Kier alpha value is -4.19. The maximum absolute atomic E-state index is 13.5. The van der Waals surface area contributed by atoms with Crippen LogP contribution in [-0.4, -0.2) is 137 Å². The predicted octanol–water partition coefficient (Wildman–Crippen LogP) is -3.51. The molecule has 20 nitrogen and oxygen atoms in total. The van der Waals surface area contributed by atoms with E-state index in [0.717, 1.165) is 0 Å². The number of carboxylic acid groups (broad SMARTS) is 1. The van der Waals surface area contributed by atoms with E-state index in [-0.39, 0.29) is 36.5 Å². The number of benzene rings is 1. The molecule has 328 valence electrons. The van der Waals surface area contributed by atoms with Crippen molar-refractivity contribution in [2.45, 2.75) is 107 Å². The first kappa shape index (κ1) is 51.8. The molecule has 1 aromatic carbocycles. The number of nitrogens with two attached hydrogens (primary N) is 4. The maximum atomic E-state index is 13.5. The topological polar surface area (TPSA) is 356 Å². The third-order valence-electron chi connectivity index (χ3n) is 8.90. The van der Waals surface area contributed by atoms with Gasteiger partial charge in [0.1, 0.15) is 42.0 Å². The smallest absolute Gasteiger partial charge is 0.326 e. The standard InChI is InChI=1S/C36H62N10O10S2/c37-14-4-1-7-23(40)30(49)43-26(17-21-10-12-22(48)13-11-21)32(51)45-29(20-58)35(54)46-28(19-57)34(53)44-27(18-47)33(52)41-24(8-2-5-15-38)31(50)42-25(36(55)56)9-3-6-16-39/h10-13,23-29,47-48,57-58H,1-9,14-20,37-40H2,(H,41,52)(H,42,50)(H,43,49)(H,44,53)(H,45,51)(H,46,54)(H,55,56)/t23-,24-,25-,26-,27-,28-,29-/m0/s1. The van der Waals surface area contributed by atoms with Crippen molar-refractivity contribution in [1.29, 1.82) is 0 Å². The van der Waals surface area contributed by atoms with Crippen molar-refractivity contribution in [3.05, 3.63) is 29.8 Å². The first-order valence-electron chi connectivity index (χ1n) is 19.2. The van der Waals surface area contributed by atoms with E-state index < -0.39 is 90.3 Å². The zero-order valence-electron chi connectivity index (χ0n) is 32.6. The van der Waals surface area contributed by atoms with Crippen molar-refractivity contribution in [3.8, 4) is 5.75 Å². The Labute approximate surface area is 349 Å². The quantitative estimate of drug-likeness (QED) is 0.0264. The summed E-state index contributed by atoms with van der Waals surface area (Å²) >= 11 is 8.33. The molecule has 22 heteroatoms. The van der Waals surface area contributed by atoms with Crippen molar-refractivity contribution in [1.82, 2.24) is 31.9 Å². The Kier molecular flexibility index (Phi) is 26.0. The Balaban J connectivity index is 3.07. The van der Waals surface area contributed by atoms with Crippen LogP contribution in [0.5, 0.6) is 5.75 Å². The number of thiol groups is 2. The summed E-state index contributed by atoms with van der Waals surface area (Å²) in [7, 11) is 0. The summed E-state index contributed by atoms with van der Waals surface area (Å²) in [6, 6.07) is -3.06. The minimum absolute atomic E-state index is 0.0119. The van der Waals surface area contributed by atoms with Crippen LogP contribution in [0.25, 0.3) is 0 Å². The second-order valence-corrected chi connectivity index (χ2v) is 14.3. The Morgan fingerprint density at radius 3 is 1.38 bits per heavy atom.